The van der Waals surface area contributed by atoms with Crippen molar-refractivity contribution in [2.75, 3.05) is 7.11 Å². The van der Waals surface area contributed by atoms with E-state index in [1.54, 1.807) is 11.8 Å². The van der Waals surface area contributed by atoms with E-state index in [9.17, 15) is 0 Å². The molecule has 0 amide bonds. The summed E-state index contributed by atoms with van der Waals surface area (Å²) >= 11 is 3.53. The largest absolute Gasteiger partial charge is 0.497 e. The van der Waals surface area contributed by atoms with Gasteiger partial charge in [-0.25, -0.2) is 4.68 Å². The second-order valence-electron chi connectivity index (χ2n) is 5.54. The molecule has 130 valence electrons. The molecule has 0 saturated carbocycles. The number of aromatic nitrogens is 5. The fourth-order valence-corrected chi connectivity index (χ4v) is 3.01. The van der Waals surface area contributed by atoms with Crippen LogP contribution in [0.5, 0.6) is 5.75 Å². The summed E-state index contributed by atoms with van der Waals surface area (Å²) in [7, 11) is 1.62. The topological polar surface area (TPSA) is 78.9 Å². The SMILES string of the molecule is COc1ccc(-c2noc(-c3nnn(-c4ccccc4Br)c3C)n2)cc1. The van der Waals surface area contributed by atoms with Gasteiger partial charge in [-0.2, -0.15) is 4.98 Å². The van der Waals surface area contributed by atoms with E-state index >= 15 is 0 Å². The quantitative estimate of drug-likeness (QED) is 0.503. The van der Waals surface area contributed by atoms with Crippen molar-refractivity contribution in [2.24, 2.45) is 0 Å². The van der Waals surface area contributed by atoms with Gasteiger partial charge in [0.25, 0.3) is 5.89 Å². The molecule has 2 aromatic carbocycles. The van der Waals surface area contributed by atoms with E-state index in [1.165, 1.54) is 0 Å². The van der Waals surface area contributed by atoms with E-state index < -0.39 is 0 Å². The van der Waals surface area contributed by atoms with E-state index in [-0.39, 0.29) is 0 Å². The highest BCUT2D eigenvalue weighted by Crippen LogP contribution is 2.27. The highest BCUT2D eigenvalue weighted by molar-refractivity contribution is 9.10. The first kappa shape index (κ1) is 16.5. The van der Waals surface area contributed by atoms with Gasteiger partial charge in [0.15, 0.2) is 5.69 Å². The summed E-state index contributed by atoms with van der Waals surface area (Å²) in [5.41, 5.74) is 3.07. The van der Waals surface area contributed by atoms with Crippen LogP contribution in [-0.2, 0) is 0 Å². The van der Waals surface area contributed by atoms with Gasteiger partial charge in [0.05, 0.1) is 18.5 Å². The lowest BCUT2D eigenvalue weighted by molar-refractivity contribution is 0.414. The minimum absolute atomic E-state index is 0.326. The lowest BCUT2D eigenvalue weighted by atomic mass is 10.2. The van der Waals surface area contributed by atoms with Gasteiger partial charge in [-0.05, 0) is 59.3 Å². The Morgan fingerprint density at radius 3 is 2.58 bits per heavy atom. The van der Waals surface area contributed by atoms with Crippen molar-refractivity contribution in [3.05, 3.63) is 58.7 Å². The Kier molecular flexibility index (Phi) is 4.26. The minimum atomic E-state index is 0.326. The first-order valence-electron chi connectivity index (χ1n) is 7.83. The summed E-state index contributed by atoms with van der Waals surface area (Å²) in [6.45, 7) is 1.91. The van der Waals surface area contributed by atoms with Crippen LogP contribution in [0.25, 0.3) is 28.7 Å². The van der Waals surface area contributed by atoms with Gasteiger partial charge in [0, 0.05) is 10.0 Å². The van der Waals surface area contributed by atoms with Crippen molar-refractivity contribution in [1.82, 2.24) is 25.1 Å². The molecule has 0 saturated heterocycles. The smallest absolute Gasteiger partial charge is 0.280 e. The van der Waals surface area contributed by atoms with E-state index in [2.05, 4.69) is 36.4 Å². The fourth-order valence-electron chi connectivity index (χ4n) is 2.56. The first-order valence-corrected chi connectivity index (χ1v) is 8.62. The molecular formula is C18H14BrN5O2. The fraction of sp³-hybridized carbons (Fsp3) is 0.111. The molecule has 0 radical (unpaired) electrons. The Morgan fingerprint density at radius 1 is 1.08 bits per heavy atom. The summed E-state index contributed by atoms with van der Waals surface area (Å²) < 4.78 is 13.2. The van der Waals surface area contributed by atoms with Crippen LogP contribution < -0.4 is 4.74 Å². The van der Waals surface area contributed by atoms with Gasteiger partial charge < -0.3 is 9.26 Å². The summed E-state index contributed by atoms with van der Waals surface area (Å²) in [6.07, 6.45) is 0. The van der Waals surface area contributed by atoms with Gasteiger partial charge in [-0.1, -0.05) is 22.5 Å². The zero-order valence-electron chi connectivity index (χ0n) is 14.0. The number of nitrogens with zero attached hydrogens (tertiary/aromatic N) is 5. The molecular weight excluding hydrogens is 398 g/mol. The van der Waals surface area contributed by atoms with Gasteiger partial charge in [0.2, 0.25) is 5.82 Å². The van der Waals surface area contributed by atoms with Gasteiger partial charge in [-0.3, -0.25) is 0 Å². The molecule has 0 spiro atoms. The van der Waals surface area contributed by atoms with Crippen LogP contribution in [0.2, 0.25) is 0 Å². The molecule has 2 heterocycles. The summed E-state index contributed by atoms with van der Waals surface area (Å²) in [6, 6.07) is 15.2. The number of para-hydroxylation sites is 1. The number of hydrogen-bond acceptors (Lipinski definition) is 6. The molecule has 0 aliphatic carbocycles. The van der Waals surface area contributed by atoms with Crippen LogP contribution in [-0.4, -0.2) is 32.2 Å². The average Bonchev–Trinajstić information content (AvgIpc) is 3.29. The Hall–Kier alpha value is -3.00. The molecule has 4 aromatic rings. The van der Waals surface area contributed by atoms with Crippen molar-refractivity contribution in [1.29, 1.82) is 0 Å². The lowest BCUT2D eigenvalue weighted by Crippen LogP contribution is -1.99. The van der Waals surface area contributed by atoms with Crippen LogP contribution in [0.1, 0.15) is 5.69 Å². The van der Waals surface area contributed by atoms with Crippen molar-refractivity contribution in [3.63, 3.8) is 0 Å². The van der Waals surface area contributed by atoms with Crippen LogP contribution >= 0.6 is 15.9 Å². The normalized spacial score (nSPS) is 10.9. The molecule has 8 heteroatoms. The van der Waals surface area contributed by atoms with E-state index in [4.69, 9.17) is 9.26 Å². The maximum atomic E-state index is 5.40. The molecule has 26 heavy (non-hydrogen) atoms. The second kappa shape index (κ2) is 6.72. The Morgan fingerprint density at radius 2 is 1.85 bits per heavy atom. The standard InChI is InChI=1S/C18H14BrN5O2/c1-11-16(21-23-24(11)15-6-4-3-5-14(15)19)18-20-17(22-26-18)12-7-9-13(25-2)10-8-12/h3-10H,1-2H3. The van der Waals surface area contributed by atoms with Crippen LogP contribution in [0, 0.1) is 6.92 Å². The number of rotatable bonds is 4. The minimum Gasteiger partial charge on any atom is -0.497 e. The molecule has 4 rings (SSSR count). The number of halogens is 1. The van der Waals surface area contributed by atoms with Crippen LogP contribution in [0.15, 0.2) is 57.5 Å². The van der Waals surface area contributed by atoms with Crippen molar-refractivity contribution >= 4 is 15.9 Å². The van der Waals surface area contributed by atoms with E-state index in [0.29, 0.717) is 17.4 Å². The molecule has 7 nitrogen and oxygen atoms in total. The first-order chi connectivity index (χ1) is 12.7. The Balaban J connectivity index is 1.69. The lowest BCUT2D eigenvalue weighted by Gasteiger charge is -2.04. The molecule has 0 aliphatic rings. The highest BCUT2D eigenvalue weighted by atomic mass is 79.9. The average molecular weight is 412 g/mol. The van der Waals surface area contributed by atoms with Crippen LogP contribution in [0.3, 0.4) is 0 Å². The predicted molar refractivity (Wildman–Crippen MR) is 99.1 cm³/mol. The molecule has 0 fully saturated rings. The number of ether oxygens (including phenoxy) is 1. The van der Waals surface area contributed by atoms with Crippen molar-refractivity contribution in [3.8, 4) is 34.4 Å². The zero-order chi connectivity index (χ0) is 18.1. The van der Waals surface area contributed by atoms with Gasteiger partial charge >= 0.3 is 0 Å². The Labute approximate surface area is 157 Å². The van der Waals surface area contributed by atoms with Gasteiger partial charge in [-0.15, -0.1) is 5.10 Å². The summed E-state index contributed by atoms with van der Waals surface area (Å²) in [5.74, 6) is 1.58. The zero-order valence-corrected chi connectivity index (χ0v) is 15.6. The maximum absolute atomic E-state index is 5.40. The number of benzene rings is 2. The second-order valence-corrected chi connectivity index (χ2v) is 6.39. The molecule has 0 N–H and O–H groups in total. The molecule has 0 bridgehead atoms. The third kappa shape index (κ3) is 2.88. The summed E-state index contributed by atoms with van der Waals surface area (Å²) in [5, 5.41) is 12.5. The third-order valence-electron chi connectivity index (χ3n) is 3.95. The molecule has 0 unspecified atom stereocenters. The highest BCUT2D eigenvalue weighted by Gasteiger charge is 2.19. The molecule has 0 atom stereocenters. The summed E-state index contributed by atoms with van der Waals surface area (Å²) in [4.78, 5) is 4.45. The molecule has 2 aromatic heterocycles. The maximum Gasteiger partial charge on any atom is 0.280 e. The van der Waals surface area contributed by atoms with Crippen LogP contribution in [0.4, 0.5) is 0 Å². The Bertz CT molecular complexity index is 1060. The number of methoxy groups -OCH3 is 1. The number of hydrogen-bond donors (Lipinski definition) is 0. The van der Waals surface area contributed by atoms with Crippen molar-refractivity contribution in [2.45, 2.75) is 6.92 Å². The third-order valence-corrected chi connectivity index (χ3v) is 4.62. The predicted octanol–water partition coefficient (Wildman–Crippen LogP) is 4.06. The van der Waals surface area contributed by atoms with Gasteiger partial charge in [0.1, 0.15) is 5.75 Å². The van der Waals surface area contributed by atoms with E-state index in [1.807, 2.05) is 55.5 Å². The monoisotopic (exact) mass is 411 g/mol. The molecule has 0 aliphatic heterocycles. The van der Waals surface area contributed by atoms with E-state index in [0.717, 1.165) is 27.2 Å². The van der Waals surface area contributed by atoms with Crippen molar-refractivity contribution < 1.29 is 9.26 Å².